The van der Waals surface area contributed by atoms with Crippen molar-refractivity contribution in [1.29, 1.82) is 0 Å². The van der Waals surface area contributed by atoms with Gasteiger partial charge in [0.15, 0.2) is 0 Å². The van der Waals surface area contributed by atoms with Crippen LogP contribution >= 0.6 is 11.6 Å². The van der Waals surface area contributed by atoms with E-state index < -0.39 is 11.7 Å². The summed E-state index contributed by atoms with van der Waals surface area (Å²) in [6.07, 6.45) is 0. The van der Waals surface area contributed by atoms with Crippen molar-refractivity contribution < 1.29 is 9.18 Å². The number of carbonyl (C=O) groups excluding carboxylic acids is 1. The molecule has 4 heteroatoms. The fourth-order valence-electron chi connectivity index (χ4n) is 1.72. The Bertz CT molecular complexity index is 640. The molecule has 0 atom stereocenters. The number of amides is 1. The summed E-state index contributed by atoms with van der Waals surface area (Å²) in [5, 5.41) is 3.18. The third kappa shape index (κ3) is 3.12. The second-order valence-electron chi connectivity index (χ2n) is 4.40. The number of aryl methyl sites for hydroxylation is 2. The summed E-state index contributed by atoms with van der Waals surface area (Å²) >= 11 is 5.87. The number of nitrogens with one attached hydrogen (secondary N) is 1. The number of anilines is 1. The summed E-state index contributed by atoms with van der Waals surface area (Å²) in [6.45, 7) is 3.61. The molecule has 0 aliphatic rings. The van der Waals surface area contributed by atoms with Crippen molar-refractivity contribution in [1.82, 2.24) is 0 Å². The van der Waals surface area contributed by atoms with Gasteiger partial charge in [0.2, 0.25) is 0 Å². The molecule has 0 bridgehead atoms. The first kappa shape index (κ1) is 13.6. The largest absolute Gasteiger partial charge is 0.322 e. The summed E-state index contributed by atoms with van der Waals surface area (Å²) in [6, 6.07) is 9.67. The van der Waals surface area contributed by atoms with E-state index in [2.05, 4.69) is 5.32 Å². The Labute approximate surface area is 116 Å². The maximum Gasteiger partial charge on any atom is 0.258 e. The molecule has 2 aromatic carbocycles. The molecule has 0 aliphatic carbocycles. The minimum Gasteiger partial charge on any atom is -0.322 e. The first-order valence-corrected chi connectivity index (χ1v) is 6.19. The van der Waals surface area contributed by atoms with Crippen molar-refractivity contribution in [3.05, 3.63) is 63.9 Å². The highest BCUT2D eigenvalue weighted by Crippen LogP contribution is 2.21. The number of benzene rings is 2. The second-order valence-corrected chi connectivity index (χ2v) is 4.83. The van der Waals surface area contributed by atoms with Gasteiger partial charge in [0, 0.05) is 10.7 Å². The Kier molecular flexibility index (Phi) is 3.86. The molecule has 0 fully saturated rings. The summed E-state index contributed by atoms with van der Waals surface area (Å²) < 4.78 is 13.7. The van der Waals surface area contributed by atoms with Gasteiger partial charge in [-0.15, -0.1) is 0 Å². The van der Waals surface area contributed by atoms with E-state index in [0.29, 0.717) is 10.7 Å². The Morgan fingerprint density at radius 2 is 1.89 bits per heavy atom. The smallest absolute Gasteiger partial charge is 0.258 e. The predicted octanol–water partition coefficient (Wildman–Crippen LogP) is 4.35. The van der Waals surface area contributed by atoms with E-state index in [1.165, 1.54) is 12.1 Å². The highest BCUT2D eigenvalue weighted by molar-refractivity contribution is 6.31. The fraction of sp³-hybridized carbons (Fsp3) is 0.133. The van der Waals surface area contributed by atoms with Crippen LogP contribution in [-0.4, -0.2) is 5.91 Å². The van der Waals surface area contributed by atoms with Crippen LogP contribution < -0.4 is 5.32 Å². The molecule has 19 heavy (non-hydrogen) atoms. The molecule has 0 saturated heterocycles. The Morgan fingerprint density at radius 3 is 2.58 bits per heavy atom. The quantitative estimate of drug-likeness (QED) is 0.869. The van der Waals surface area contributed by atoms with Crippen LogP contribution in [0.2, 0.25) is 5.02 Å². The molecular weight excluding hydrogens is 265 g/mol. The van der Waals surface area contributed by atoms with Crippen LogP contribution in [0.1, 0.15) is 21.5 Å². The van der Waals surface area contributed by atoms with Gasteiger partial charge in [-0.2, -0.15) is 0 Å². The third-order valence-corrected chi connectivity index (χ3v) is 3.05. The molecule has 2 rings (SSSR count). The molecule has 0 aliphatic heterocycles. The molecule has 0 unspecified atom stereocenters. The van der Waals surface area contributed by atoms with Crippen LogP contribution in [0, 0.1) is 19.7 Å². The topological polar surface area (TPSA) is 29.1 Å². The van der Waals surface area contributed by atoms with E-state index in [0.717, 1.165) is 11.1 Å². The lowest BCUT2D eigenvalue weighted by atomic mass is 10.1. The predicted molar refractivity (Wildman–Crippen MR) is 75.3 cm³/mol. The van der Waals surface area contributed by atoms with Gasteiger partial charge in [0.1, 0.15) is 5.82 Å². The zero-order valence-electron chi connectivity index (χ0n) is 10.6. The van der Waals surface area contributed by atoms with E-state index in [1.807, 2.05) is 6.92 Å². The zero-order valence-corrected chi connectivity index (χ0v) is 11.4. The van der Waals surface area contributed by atoms with Crippen molar-refractivity contribution >= 4 is 23.2 Å². The lowest BCUT2D eigenvalue weighted by Crippen LogP contribution is -2.14. The van der Waals surface area contributed by atoms with E-state index in [-0.39, 0.29) is 5.56 Å². The number of halogens is 2. The summed E-state index contributed by atoms with van der Waals surface area (Å²) in [7, 11) is 0. The summed E-state index contributed by atoms with van der Waals surface area (Å²) in [5.74, 6) is -1.01. The van der Waals surface area contributed by atoms with Gasteiger partial charge >= 0.3 is 0 Å². The molecule has 2 nitrogen and oxygen atoms in total. The SMILES string of the molecule is Cc1ccc(C(=O)Nc2cc(Cl)ccc2C)c(F)c1. The normalized spacial score (nSPS) is 10.3. The van der Waals surface area contributed by atoms with Gasteiger partial charge in [0.25, 0.3) is 5.91 Å². The molecule has 2 aromatic rings. The van der Waals surface area contributed by atoms with Crippen LogP contribution in [0.4, 0.5) is 10.1 Å². The third-order valence-electron chi connectivity index (χ3n) is 2.82. The maximum absolute atomic E-state index is 13.7. The van der Waals surface area contributed by atoms with Crippen LogP contribution in [0.25, 0.3) is 0 Å². The van der Waals surface area contributed by atoms with Gasteiger partial charge in [-0.3, -0.25) is 4.79 Å². The minimum atomic E-state index is -0.530. The van der Waals surface area contributed by atoms with Gasteiger partial charge < -0.3 is 5.32 Å². The van der Waals surface area contributed by atoms with Crippen molar-refractivity contribution in [2.45, 2.75) is 13.8 Å². The van der Waals surface area contributed by atoms with E-state index in [9.17, 15) is 9.18 Å². The van der Waals surface area contributed by atoms with Crippen molar-refractivity contribution in [3.8, 4) is 0 Å². The zero-order chi connectivity index (χ0) is 14.0. The van der Waals surface area contributed by atoms with Gasteiger partial charge in [0.05, 0.1) is 5.56 Å². The molecule has 0 spiro atoms. The van der Waals surface area contributed by atoms with Crippen molar-refractivity contribution in [2.24, 2.45) is 0 Å². The first-order chi connectivity index (χ1) is 8.97. The highest BCUT2D eigenvalue weighted by atomic mass is 35.5. The van der Waals surface area contributed by atoms with Crippen LogP contribution in [0.5, 0.6) is 0 Å². The molecule has 98 valence electrons. The van der Waals surface area contributed by atoms with E-state index in [4.69, 9.17) is 11.6 Å². The highest BCUT2D eigenvalue weighted by Gasteiger charge is 2.12. The maximum atomic E-state index is 13.7. The van der Waals surface area contributed by atoms with Crippen LogP contribution in [0.3, 0.4) is 0 Å². The molecular formula is C15H13ClFNO. The first-order valence-electron chi connectivity index (χ1n) is 5.81. The number of carbonyl (C=O) groups is 1. The molecule has 0 saturated carbocycles. The number of rotatable bonds is 2. The van der Waals surface area contributed by atoms with Gasteiger partial charge in [-0.05, 0) is 49.2 Å². The summed E-state index contributed by atoms with van der Waals surface area (Å²) in [5.41, 5.74) is 2.24. The average Bonchev–Trinajstić information content (AvgIpc) is 2.33. The standard InChI is InChI=1S/C15H13ClFNO/c1-9-3-6-12(13(17)7-9)15(19)18-14-8-11(16)5-4-10(14)2/h3-8H,1-2H3,(H,18,19). The van der Waals surface area contributed by atoms with Crippen molar-refractivity contribution in [2.75, 3.05) is 5.32 Å². The molecule has 1 N–H and O–H groups in total. The molecule has 0 radical (unpaired) electrons. The fourth-order valence-corrected chi connectivity index (χ4v) is 1.89. The summed E-state index contributed by atoms with van der Waals surface area (Å²) in [4.78, 5) is 12.0. The lowest BCUT2D eigenvalue weighted by Gasteiger charge is -2.09. The van der Waals surface area contributed by atoms with E-state index >= 15 is 0 Å². The lowest BCUT2D eigenvalue weighted by molar-refractivity contribution is 0.102. The van der Waals surface area contributed by atoms with E-state index in [1.54, 1.807) is 31.2 Å². The van der Waals surface area contributed by atoms with Crippen molar-refractivity contribution in [3.63, 3.8) is 0 Å². The molecule has 0 aromatic heterocycles. The van der Waals surface area contributed by atoms with Gasteiger partial charge in [-0.25, -0.2) is 4.39 Å². The molecule has 1 amide bonds. The number of hydrogen-bond acceptors (Lipinski definition) is 1. The Morgan fingerprint density at radius 1 is 1.16 bits per heavy atom. The Balaban J connectivity index is 2.28. The second kappa shape index (κ2) is 5.41. The minimum absolute atomic E-state index is 0.0185. The van der Waals surface area contributed by atoms with Crippen LogP contribution in [0.15, 0.2) is 36.4 Å². The van der Waals surface area contributed by atoms with Crippen LogP contribution in [-0.2, 0) is 0 Å². The Hall–Kier alpha value is -1.87. The average molecular weight is 278 g/mol. The van der Waals surface area contributed by atoms with Gasteiger partial charge in [-0.1, -0.05) is 23.7 Å². The number of hydrogen-bond donors (Lipinski definition) is 1. The monoisotopic (exact) mass is 277 g/mol. The molecule has 0 heterocycles.